The highest BCUT2D eigenvalue weighted by atomic mass is 19.1. The molecule has 0 saturated carbocycles. The highest BCUT2D eigenvalue weighted by molar-refractivity contribution is 5.81. The van der Waals surface area contributed by atoms with Crippen LogP contribution >= 0.6 is 0 Å². The van der Waals surface area contributed by atoms with Crippen molar-refractivity contribution >= 4 is 16.8 Å². The van der Waals surface area contributed by atoms with Crippen LogP contribution < -0.4 is 26.0 Å². The van der Waals surface area contributed by atoms with Crippen molar-refractivity contribution in [3.8, 4) is 11.5 Å². The van der Waals surface area contributed by atoms with Gasteiger partial charge in [0.2, 0.25) is 5.91 Å². The van der Waals surface area contributed by atoms with E-state index in [-0.39, 0.29) is 30.8 Å². The molecule has 0 aliphatic heterocycles. The van der Waals surface area contributed by atoms with Crippen LogP contribution in [0.15, 0.2) is 39.9 Å². The average molecular weight is 447 g/mol. The third-order valence-electron chi connectivity index (χ3n) is 4.93. The molecule has 0 fully saturated rings. The van der Waals surface area contributed by atoms with Crippen LogP contribution in [0, 0.1) is 11.6 Å². The van der Waals surface area contributed by atoms with E-state index in [2.05, 4.69) is 10.3 Å². The number of hydrogen-bond acceptors (Lipinski definition) is 5. The first-order valence-electron chi connectivity index (χ1n) is 9.93. The van der Waals surface area contributed by atoms with Gasteiger partial charge >= 0.3 is 5.69 Å². The molecule has 8 nitrogen and oxygen atoms in total. The molecule has 2 aromatic carbocycles. The summed E-state index contributed by atoms with van der Waals surface area (Å²) in [5.74, 6) is -0.968. The molecule has 0 unspecified atom stereocenters. The molecule has 3 rings (SSSR count). The van der Waals surface area contributed by atoms with E-state index < -0.39 is 22.9 Å². The second-order valence-corrected chi connectivity index (χ2v) is 7.15. The summed E-state index contributed by atoms with van der Waals surface area (Å²) >= 11 is 0. The molecule has 0 atom stereocenters. The Morgan fingerprint density at radius 1 is 1.00 bits per heavy atom. The molecule has 2 N–H and O–H groups in total. The van der Waals surface area contributed by atoms with Crippen molar-refractivity contribution in [1.29, 1.82) is 0 Å². The molecule has 32 heavy (non-hydrogen) atoms. The maximum absolute atomic E-state index is 13.2. The van der Waals surface area contributed by atoms with E-state index in [1.165, 1.54) is 26.4 Å². The zero-order valence-corrected chi connectivity index (χ0v) is 17.7. The largest absolute Gasteiger partial charge is 0.493 e. The van der Waals surface area contributed by atoms with Crippen LogP contribution in [0.2, 0.25) is 0 Å². The summed E-state index contributed by atoms with van der Waals surface area (Å²) in [5, 5.41) is 2.87. The molecule has 0 radical (unpaired) electrons. The van der Waals surface area contributed by atoms with Crippen LogP contribution in [0.4, 0.5) is 8.78 Å². The third kappa shape index (κ3) is 5.32. The molecule has 1 amide bonds. The second kappa shape index (κ2) is 10.1. The molecule has 0 bridgehead atoms. The number of aromatic nitrogens is 2. The number of unbranched alkanes of at least 4 members (excludes halogenated alkanes) is 1. The maximum Gasteiger partial charge on any atom is 0.328 e. The number of methoxy groups -OCH3 is 2. The molecule has 10 heteroatoms. The number of nitrogens with one attached hydrogen (secondary N) is 2. The Kier molecular flexibility index (Phi) is 7.24. The van der Waals surface area contributed by atoms with Gasteiger partial charge in [0.15, 0.2) is 11.5 Å². The van der Waals surface area contributed by atoms with Crippen molar-refractivity contribution in [2.24, 2.45) is 0 Å². The predicted molar refractivity (Wildman–Crippen MR) is 114 cm³/mol. The molecule has 0 saturated heterocycles. The van der Waals surface area contributed by atoms with Crippen molar-refractivity contribution in [2.75, 3.05) is 14.2 Å². The molecule has 1 aromatic heterocycles. The minimum atomic E-state index is -0.712. The average Bonchev–Trinajstić information content (AvgIpc) is 2.75. The maximum atomic E-state index is 13.2. The molecule has 0 spiro atoms. The first-order chi connectivity index (χ1) is 15.3. The Morgan fingerprint density at radius 2 is 1.66 bits per heavy atom. The quantitative estimate of drug-likeness (QED) is 0.491. The van der Waals surface area contributed by atoms with Gasteiger partial charge in [-0.3, -0.25) is 14.2 Å². The van der Waals surface area contributed by atoms with Crippen LogP contribution in [-0.2, 0) is 17.9 Å². The third-order valence-corrected chi connectivity index (χ3v) is 4.93. The lowest BCUT2D eigenvalue weighted by Crippen LogP contribution is -2.35. The van der Waals surface area contributed by atoms with Gasteiger partial charge in [0.05, 0.1) is 25.1 Å². The number of amides is 1. The van der Waals surface area contributed by atoms with E-state index in [0.29, 0.717) is 35.4 Å². The fourth-order valence-electron chi connectivity index (χ4n) is 3.34. The summed E-state index contributed by atoms with van der Waals surface area (Å²) in [7, 11) is 2.90. The Bertz CT molecular complexity index is 1230. The second-order valence-electron chi connectivity index (χ2n) is 7.15. The first kappa shape index (κ1) is 23.0. The molecule has 1 heterocycles. The van der Waals surface area contributed by atoms with E-state index in [1.54, 1.807) is 0 Å². The highest BCUT2D eigenvalue weighted by Gasteiger charge is 2.13. The Morgan fingerprint density at radius 3 is 2.31 bits per heavy atom. The number of carbonyl (C=O) groups excluding carboxylic acids is 1. The van der Waals surface area contributed by atoms with Crippen LogP contribution in [0.3, 0.4) is 0 Å². The monoisotopic (exact) mass is 447 g/mol. The predicted octanol–water partition coefficient (Wildman–Crippen LogP) is 2.47. The SMILES string of the molecule is COc1cc2[nH]c(=O)n(CCCCC(=O)NCc3cc(F)cc(F)c3)c(=O)c2cc1OC. The van der Waals surface area contributed by atoms with Crippen molar-refractivity contribution in [1.82, 2.24) is 14.9 Å². The van der Waals surface area contributed by atoms with Gasteiger partial charge in [0.25, 0.3) is 5.56 Å². The fourth-order valence-corrected chi connectivity index (χ4v) is 3.34. The number of carbonyl (C=O) groups is 1. The number of rotatable bonds is 9. The summed E-state index contributed by atoms with van der Waals surface area (Å²) in [6.07, 6.45) is 0.964. The lowest BCUT2D eigenvalue weighted by molar-refractivity contribution is -0.121. The van der Waals surface area contributed by atoms with Crippen LogP contribution in [0.5, 0.6) is 11.5 Å². The highest BCUT2D eigenvalue weighted by Crippen LogP contribution is 2.29. The molecule has 0 aliphatic rings. The van der Waals surface area contributed by atoms with Gasteiger partial charge in [-0.1, -0.05) is 0 Å². The molecule has 3 aromatic rings. The van der Waals surface area contributed by atoms with E-state index in [4.69, 9.17) is 9.47 Å². The lowest BCUT2D eigenvalue weighted by atomic mass is 10.2. The van der Waals surface area contributed by atoms with Crippen LogP contribution in [0.25, 0.3) is 10.9 Å². The minimum absolute atomic E-state index is 0.00259. The Hall–Kier alpha value is -3.69. The summed E-state index contributed by atoms with van der Waals surface area (Å²) < 4.78 is 37.8. The van der Waals surface area contributed by atoms with Crippen molar-refractivity contribution < 1.29 is 23.0 Å². The number of hydrogen-bond donors (Lipinski definition) is 2. The normalized spacial score (nSPS) is 10.9. The summed E-state index contributed by atoms with van der Waals surface area (Å²) in [6, 6.07) is 6.08. The first-order valence-corrected chi connectivity index (χ1v) is 9.93. The standard InChI is InChI=1S/C22H23F2N3O5/c1-31-18-10-16-17(11-19(18)32-2)26-22(30)27(21(16)29)6-4-3-5-20(28)25-12-13-7-14(23)9-15(24)8-13/h7-11H,3-6,12H2,1-2H3,(H,25,28)(H,26,30). The molecular weight excluding hydrogens is 424 g/mol. The lowest BCUT2D eigenvalue weighted by Gasteiger charge is -2.11. The van der Waals surface area contributed by atoms with E-state index >= 15 is 0 Å². The van der Waals surface area contributed by atoms with Gasteiger partial charge < -0.3 is 19.8 Å². The topological polar surface area (TPSA) is 102 Å². The van der Waals surface area contributed by atoms with Crippen LogP contribution in [0.1, 0.15) is 24.8 Å². The van der Waals surface area contributed by atoms with Gasteiger partial charge in [-0.25, -0.2) is 13.6 Å². The summed E-state index contributed by atoms with van der Waals surface area (Å²) in [5.41, 5.74) is -0.381. The van der Waals surface area contributed by atoms with E-state index in [0.717, 1.165) is 22.8 Å². The van der Waals surface area contributed by atoms with Gasteiger partial charge in [-0.2, -0.15) is 0 Å². The van der Waals surface area contributed by atoms with Gasteiger partial charge in [0, 0.05) is 31.6 Å². The van der Waals surface area contributed by atoms with E-state index in [9.17, 15) is 23.2 Å². The smallest absolute Gasteiger partial charge is 0.328 e. The number of ether oxygens (including phenoxy) is 2. The summed E-state index contributed by atoms with van der Waals surface area (Å²) in [4.78, 5) is 39.7. The Balaban J connectivity index is 1.59. The fraction of sp³-hybridized carbons (Fsp3) is 0.318. The van der Waals surface area contributed by atoms with Gasteiger partial charge in [-0.15, -0.1) is 0 Å². The van der Waals surface area contributed by atoms with Gasteiger partial charge in [-0.05, 0) is 36.6 Å². The zero-order valence-electron chi connectivity index (χ0n) is 17.7. The number of aromatic amines is 1. The Labute approximate surface area is 181 Å². The molecular formula is C22H23F2N3O5. The minimum Gasteiger partial charge on any atom is -0.493 e. The molecule has 0 aliphatic carbocycles. The van der Waals surface area contributed by atoms with Crippen molar-refractivity contribution in [3.63, 3.8) is 0 Å². The zero-order chi connectivity index (χ0) is 23.3. The number of H-pyrrole nitrogens is 1. The number of nitrogens with zero attached hydrogens (tertiary/aromatic N) is 1. The number of fused-ring (bicyclic) bond motifs is 1. The van der Waals surface area contributed by atoms with Crippen molar-refractivity contribution in [3.05, 3.63) is 68.4 Å². The van der Waals surface area contributed by atoms with Gasteiger partial charge in [0.1, 0.15) is 11.6 Å². The van der Waals surface area contributed by atoms with E-state index in [1.807, 2.05) is 0 Å². The molecule has 170 valence electrons. The van der Waals surface area contributed by atoms with Crippen LogP contribution in [-0.4, -0.2) is 29.7 Å². The number of benzene rings is 2. The van der Waals surface area contributed by atoms with Crippen molar-refractivity contribution in [2.45, 2.75) is 32.4 Å². The number of halogens is 2. The summed E-state index contributed by atoms with van der Waals surface area (Å²) in [6.45, 7) is 0.128.